The van der Waals surface area contributed by atoms with Gasteiger partial charge in [0.1, 0.15) is 0 Å². The van der Waals surface area contributed by atoms with Gasteiger partial charge in [0.15, 0.2) is 0 Å². The summed E-state index contributed by atoms with van der Waals surface area (Å²) in [6.45, 7) is 2.28. The van der Waals surface area contributed by atoms with Crippen molar-refractivity contribution in [1.82, 2.24) is 0 Å². The number of rotatable bonds is 3. The highest BCUT2D eigenvalue weighted by molar-refractivity contribution is 7.86. The molecule has 0 radical (unpaired) electrons. The van der Waals surface area contributed by atoms with Gasteiger partial charge in [-0.05, 0) is 43.7 Å². The number of carbonyl (C=O) groups excluding carboxylic acids is 1. The van der Waals surface area contributed by atoms with Gasteiger partial charge in [-0.1, -0.05) is 17.7 Å². The van der Waals surface area contributed by atoms with Crippen molar-refractivity contribution in [2.24, 2.45) is 11.8 Å². The summed E-state index contributed by atoms with van der Waals surface area (Å²) in [6.07, 6.45) is 1.24. The topological polar surface area (TPSA) is 69.7 Å². The first-order valence-electron chi connectivity index (χ1n) is 7.09. The molecule has 0 bridgehead atoms. The molecule has 1 aromatic rings. The second-order valence-corrected chi connectivity index (χ2v) is 7.44. The molecule has 2 aliphatic rings. The molecule has 5 nitrogen and oxygen atoms in total. The van der Waals surface area contributed by atoms with Crippen molar-refractivity contribution in [3.8, 4) is 0 Å². The van der Waals surface area contributed by atoms with Crippen molar-refractivity contribution < 1.29 is 22.1 Å². The number of ether oxygens (including phenoxy) is 1. The first kappa shape index (κ1) is 14.5. The molecule has 0 spiro atoms. The number of hydrogen-bond donors (Lipinski definition) is 0. The minimum Gasteiger partial charge on any atom is -0.465 e. The number of hydrogen-bond acceptors (Lipinski definition) is 5. The molecular weight excluding hydrogens is 292 g/mol. The van der Waals surface area contributed by atoms with Gasteiger partial charge >= 0.3 is 5.97 Å². The van der Waals surface area contributed by atoms with E-state index in [1.54, 1.807) is 24.3 Å². The van der Waals surface area contributed by atoms with Gasteiger partial charge < -0.3 is 4.74 Å². The Labute approximate surface area is 124 Å². The average Bonchev–Trinajstić information content (AvgIpc) is 2.79. The molecule has 114 valence electrons. The van der Waals surface area contributed by atoms with Gasteiger partial charge in [0, 0.05) is 6.42 Å². The molecule has 2 fully saturated rings. The summed E-state index contributed by atoms with van der Waals surface area (Å²) < 4.78 is 34.9. The zero-order valence-corrected chi connectivity index (χ0v) is 12.6. The van der Waals surface area contributed by atoms with Crippen molar-refractivity contribution in [3.63, 3.8) is 0 Å². The van der Waals surface area contributed by atoms with Crippen molar-refractivity contribution >= 4 is 16.1 Å². The van der Waals surface area contributed by atoms with E-state index in [1.807, 2.05) is 6.92 Å². The SMILES string of the molecule is Cc1ccc(S(=O)(=O)O[C@H]2C[C@H]3COC(=O)C[C@H]3C2)cc1. The lowest BCUT2D eigenvalue weighted by molar-refractivity contribution is -0.151. The number of fused-ring (bicyclic) bond motifs is 1. The summed E-state index contributed by atoms with van der Waals surface area (Å²) in [5, 5.41) is 0. The molecule has 1 aromatic carbocycles. The number of esters is 1. The van der Waals surface area contributed by atoms with Gasteiger partial charge in [-0.3, -0.25) is 8.98 Å². The lowest BCUT2D eigenvalue weighted by atomic mass is 9.92. The molecule has 1 heterocycles. The Bertz CT molecular complexity index is 635. The van der Waals surface area contributed by atoms with E-state index in [4.69, 9.17) is 8.92 Å². The van der Waals surface area contributed by atoms with Crippen LogP contribution in [0.3, 0.4) is 0 Å². The molecule has 3 rings (SSSR count). The van der Waals surface area contributed by atoms with Gasteiger partial charge in [0.25, 0.3) is 10.1 Å². The summed E-state index contributed by atoms with van der Waals surface area (Å²) >= 11 is 0. The maximum absolute atomic E-state index is 12.2. The maximum Gasteiger partial charge on any atom is 0.306 e. The highest BCUT2D eigenvalue weighted by Gasteiger charge is 2.41. The number of aryl methyl sites for hydroxylation is 1. The Morgan fingerprint density at radius 2 is 1.81 bits per heavy atom. The van der Waals surface area contributed by atoms with Gasteiger partial charge in [-0.15, -0.1) is 0 Å². The first-order chi connectivity index (χ1) is 9.94. The molecule has 1 saturated heterocycles. The van der Waals surface area contributed by atoms with E-state index in [2.05, 4.69) is 0 Å². The van der Waals surface area contributed by atoms with Crippen molar-refractivity contribution in [2.75, 3.05) is 6.61 Å². The first-order valence-corrected chi connectivity index (χ1v) is 8.50. The fraction of sp³-hybridized carbons (Fsp3) is 0.533. The fourth-order valence-electron chi connectivity index (χ4n) is 3.10. The van der Waals surface area contributed by atoms with Crippen LogP contribution >= 0.6 is 0 Å². The Kier molecular flexibility index (Phi) is 3.75. The molecule has 1 saturated carbocycles. The molecule has 1 aliphatic carbocycles. The highest BCUT2D eigenvalue weighted by atomic mass is 32.2. The predicted octanol–water partition coefficient (Wildman–Crippen LogP) is 2.04. The van der Waals surface area contributed by atoms with Crippen LogP contribution in [0.25, 0.3) is 0 Å². The van der Waals surface area contributed by atoms with Crippen LogP contribution in [0.15, 0.2) is 29.2 Å². The second kappa shape index (κ2) is 5.42. The van der Waals surface area contributed by atoms with Gasteiger partial charge in [-0.2, -0.15) is 8.42 Å². The Balaban J connectivity index is 1.69. The molecule has 1 aliphatic heterocycles. The van der Waals surface area contributed by atoms with Crippen molar-refractivity contribution in [3.05, 3.63) is 29.8 Å². The zero-order chi connectivity index (χ0) is 15.0. The van der Waals surface area contributed by atoms with E-state index >= 15 is 0 Å². The van der Waals surface area contributed by atoms with Crippen LogP contribution in [0.1, 0.15) is 24.8 Å². The van der Waals surface area contributed by atoms with E-state index in [0.29, 0.717) is 25.9 Å². The Morgan fingerprint density at radius 1 is 1.14 bits per heavy atom. The van der Waals surface area contributed by atoms with Crippen LogP contribution in [0.5, 0.6) is 0 Å². The van der Waals surface area contributed by atoms with E-state index in [9.17, 15) is 13.2 Å². The van der Waals surface area contributed by atoms with E-state index in [1.165, 1.54) is 0 Å². The van der Waals surface area contributed by atoms with E-state index in [0.717, 1.165) is 5.56 Å². The lowest BCUT2D eigenvalue weighted by Gasteiger charge is -2.23. The number of carbonyl (C=O) groups is 1. The largest absolute Gasteiger partial charge is 0.465 e. The smallest absolute Gasteiger partial charge is 0.306 e. The van der Waals surface area contributed by atoms with Crippen LogP contribution in [-0.4, -0.2) is 27.1 Å². The minimum atomic E-state index is -3.74. The minimum absolute atomic E-state index is 0.176. The third-order valence-electron chi connectivity index (χ3n) is 4.26. The quantitative estimate of drug-likeness (QED) is 0.631. The standard InChI is InChI=1S/C15H18O5S/c1-10-2-4-14(5-3-10)21(17,18)20-13-6-11-8-15(16)19-9-12(11)7-13/h2-5,11-13H,6-9H2,1H3/t11-,12+,13-/m1/s1. The second-order valence-electron chi connectivity index (χ2n) is 5.86. The number of benzene rings is 1. The zero-order valence-electron chi connectivity index (χ0n) is 11.8. The van der Waals surface area contributed by atoms with Gasteiger partial charge in [0.05, 0.1) is 17.6 Å². The normalized spacial score (nSPS) is 29.0. The van der Waals surface area contributed by atoms with Crippen molar-refractivity contribution in [1.29, 1.82) is 0 Å². The Hall–Kier alpha value is -1.40. The summed E-state index contributed by atoms with van der Waals surface area (Å²) in [5.74, 6) is 0.212. The molecule has 0 N–H and O–H groups in total. The lowest BCUT2D eigenvalue weighted by Crippen LogP contribution is -2.26. The molecule has 0 unspecified atom stereocenters. The van der Waals surface area contributed by atoms with E-state index < -0.39 is 10.1 Å². The molecule has 0 amide bonds. The number of cyclic esters (lactones) is 1. The fourth-order valence-corrected chi connectivity index (χ4v) is 4.20. The summed E-state index contributed by atoms with van der Waals surface area (Å²) in [4.78, 5) is 11.4. The summed E-state index contributed by atoms with van der Waals surface area (Å²) in [7, 11) is -3.74. The monoisotopic (exact) mass is 310 g/mol. The van der Waals surface area contributed by atoms with Crippen LogP contribution in [0.4, 0.5) is 0 Å². The van der Waals surface area contributed by atoms with E-state index in [-0.39, 0.29) is 28.8 Å². The molecule has 6 heteroatoms. The van der Waals surface area contributed by atoms with Gasteiger partial charge in [0.2, 0.25) is 0 Å². The molecular formula is C15H18O5S. The van der Waals surface area contributed by atoms with Crippen LogP contribution in [0.2, 0.25) is 0 Å². The van der Waals surface area contributed by atoms with Crippen LogP contribution in [-0.2, 0) is 23.8 Å². The third-order valence-corrected chi connectivity index (χ3v) is 5.63. The molecule has 0 aromatic heterocycles. The maximum atomic E-state index is 12.2. The third kappa shape index (κ3) is 3.11. The summed E-state index contributed by atoms with van der Waals surface area (Å²) in [6, 6.07) is 6.60. The van der Waals surface area contributed by atoms with Crippen LogP contribution < -0.4 is 0 Å². The predicted molar refractivity (Wildman–Crippen MR) is 75.0 cm³/mol. The van der Waals surface area contributed by atoms with Gasteiger partial charge in [-0.25, -0.2) is 0 Å². The highest BCUT2D eigenvalue weighted by Crippen LogP contribution is 2.40. The molecule has 21 heavy (non-hydrogen) atoms. The molecule has 3 atom stereocenters. The summed E-state index contributed by atoms with van der Waals surface area (Å²) in [5.41, 5.74) is 0.997. The average molecular weight is 310 g/mol. The van der Waals surface area contributed by atoms with Crippen LogP contribution in [0, 0.1) is 18.8 Å². The Morgan fingerprint density at radius 3 is 2.52 bits per heavy atom. The van der Waals surface area contributed by atoms with Crippen molar-refractivity contribution in [2.45, 2.75) is 37.2 Å².